The van der Waals surface area contributed by atoms with Gasteiger partial charge in [0.1, 0.15) is 12.4 Å². The van der Waals surface area contributed by atoms with E-state index in [1.54, 1.807) is 23.9 Å². The molecule has 1 amide bonds. The van der Waals surface area contributed by atoms with Crippen LogP contribution in [0.2, 0.25) is 0 Å². The first-order valence-electron chi connectivity index (χ1n) is 10.1. The SMILES string of the molecule is C=C/C(=C\C(O)=C(\O)CO)CC(=O)NC1NC(Cc2ccc(O)cc2)=C(CCCC)S1. The molecule has 1 aliphatic rings. The van der Waals surface area contributed by atoms with Crippen molar-refractivity contribution in [3.63, 3.8) is 0 Å². The summed E-state index contributed by atoms with van der Waals surface area (Å²) < 4.78 is 0. The Kier molecular flexibility index (Phi) is 9.55. The Balaban J connectivity index is 2.02. The van der Waals surface area contributed by atoms with E-state index in [9.17, 15) is 20.1 Å². The Morgan fingerprint density at radius 3 is 2.61 bits per heavy atom. The van der Waals surface area contributed by atoms with Gasteiger partial charge >= 0.3 is 0 Å². The second-order valence-electron chi connectivity index (χ2n) is 7.15. The molecular weight excluding hydrogens is 416 g/mol. The number of phenols is 1. The van der Waals surface area contributed by atoms with Crippen molar-refractivity contribution < 1.29 is 25.2 Å². The van der Waals surface area contributed by atoms with Gasteiger partial charge in [-0.15, -0.1) is 0 Å². The number of allylic oxidation sites excluding steroid dienone is 4. The van der Waals surface area contributed by atoms with Crippen LogP contribution in [0.1, 0.15) is 38.2 Å². The molecule has 0 spiro atoms. The van der Waals surface area contributed by atoms with E-state index in [0.717, 1.165) is 30.5 Å². The van der Waals surface area contributed by atoms with Crippen molar-refractivity contribution in [3.8, 4) is 5.75 Å². The van der Waals surface area contributed by atoms with Crippen LogP contribution in [-0.4, -0.2) is 38.4 Å². The molecule has 0 bridgehead atoms. The Hall–Kier alpha value is -2.84. The minimum atomic E-state index is -0.697. The summed E-state index contributed by atoms with van der Waals surface area (Å²) in [4.78, 5) is 13.7. The van der Waals surface area contributed by atoms with Crippen molar-refractivity contribution in [2.45, 2.75) is 44.5 Å². The lowest BCUT2D eigenvalue weighted by atomic mass is 10.1. The van der Waals surface area contributed by atoms with Gasteiger partial charge in [0.15, 0.2) is 17.0 Å². The number of thioether (sulfide) groups is 1. The maximum atomic E-state index is 12.5. The molecule has 168 valence electrons. The average molecular weight is 447 g/mol. The van der Waals surface area contributed by atoms with Gasteiger partial charge in [-0.2, -0.15) is 0 Å². The van der Waals surface area contributed by atoms with E-state index in [4.69, 9.17) is 5.11 Å². The van der Waals surface area contributed by atoms with E-state index in [-0.39, 0.29) is 23.6 Å². The van der Waals surface area contributed by atoms with Gasteiger partial charge in [-0.25, -0.2) is 0 Å². The number of carbonyl (C=O) groups excluding carboxylic acids is 1. The molecule has 6 N–H and O–H groups in total. The molecule has 1 aromatic carbocycles. The van der Waals surface area contributed by atoms with Gasteiger partial charge in [0.05, 0.1) is 6.42 Å². The number of hydrogen-bond acceptors (Lipinski definition) is 7. The Labute approximate surface area is 186 Å². The molecule has 0 saturated heterocycles. The molecule has 0 fully saturated rings. The highest BCUT2D eigenvalue weighted by Gasteiger charge is 2.25. The molecule has 1 heterocycles. The lowest BCUT2D eigenvalue weighted by Gasteiger charge is -2.15. The molecule has 0 saturated carbocycles. The van der Waals surface area contributed by atoms with Crippen molar-refractivity contribution in [2.24, 2.45) is 0 Å². The largest absolute Gasteiger partial charge is 0.508 e. The number of aromatic hydroxyl groups is 1. The van der Waals surface area contributed by atoms with E-state index < -0.39 is 18.1 Å². The molecule has 1 unspecified atom stereocenters. The number of aliphatic hydroxyl groups is 3. The zero-order valence-electron chi connectivity index (χ0n) is 17.6. The predicted octanol–water partition coefficient (Wildman–Crippen LogP) is 3.90. The summed E-state index contributed by atoms with van der Waals surface area (Å²) in [6.07, 6.45) is 6.29. The van der Waals surface area contributed by atoms with Crippen LogP contribution < -0.4 is 10.6 Å². The minimum Gasteiger partial charge on any atom is -0.508 e. The summed E-state index contributed by atoms with van der Waals surface area (Å²) in [5.41, 5.74) is 2.21. The van der Waals surface area contributed by atoms with E-state index in [2.05, 4.69) is 24.1 Å². The summed E-state index contributed by atoms with van der Waals surface area (Å²) >= 11 is 1.58. The molecule has 0 radical (unpaired) electrons. The van der Waals surface area contributed by atoms with Gasteiger partial charge in [-0.3, -0.25) is 4.79 Å². The van der Waals surface area contributed by atoms with Crippen molar-refractivity contribution in [3.05, 3.63) is 76.3 Å². The molecule has 8 heteroatoms. The number of aliphatic hydroxyl groups excluding tert-OH is 3. The number of unbranched alkanes of at least 4 members (excludes halogenated alkanes) is 1. The van der Waals surface area contributed by atoms with Crippen LogP contribution in [0.4, 0.5) is 0 Å². The zero-order valence-corrected chi connectivity index (χ0v) is 18.4. The number of benzene rings is 1. The van der Waals surface area contributed by atoms with Gasteiger partial charge in [-0.05, 0) is 42.2 Å². The predicted molar refractivity (Wildman–Crippen MR) is 123 cm³/mol. The Morgan fingerprint density at radius 1 is 1.29 bits per heavy atom. The normalized spacial score (nSPS) is 17.2. The maximum absolute atomic E-state index is 12.5. The third kappa shape index (κ3) is 7.73. The molecule has 31 heavy (non-hydrogen) atoms. The number of nitrogens with one attached hydrogen (secondary N) is 2. The highest BCUT2D eigenvalue weighted by Crippen LogP contribution is 2.34. The summed E-state index contributed by atoms with van der Waals surface area (Å²) in [6, 6.07) is 7.07. The van der Waals surface area contributed by atoms with E-state index in [0.29, 0.717) is 12.0 Å². The van der Waals surface area contributed by atoms with Gasteiger partial charge < -0.3 is 31.1 Å². The first-order chi connectivity index (χ1) is 14.9. The molecule has 1 atom stereocenters. The monoisotopic (exact) mass is 446 g/mol. The quantitative estimate of drug-likeness (QED) is 0.225. The minimum absolute atomic E-state index is 0.0391. The molecule has 0 aliphatic carbocycles. The fourth-order valence-corrected chi connectivity index (χ4v) is 4.18. The molecule has 1 aliphatic heterocycles. The number of phenolic OH excluding ortho intramolecular Hbond substituents is 1. The van der Waals surface area contributed by atoms with Crippen LogP contribution >= 0.6 is 11.8 Å². The topological polar surface area (TPSA) is 122 Å². The van der Waals surface area contributed by atoms with Gasteiger partial charge in [-0.1, -0.05) is 49.9 Å². The Morgan fingerprint density at radius 2 is 2.00 bits per heavy atom. The number of rotatable bonds is 11. The number of hydrogen-bond donors (Lipinski definition) is 6. The molecule has 7 nitrogen and oxygen atoms in total. The van der Waals surface area contributed by atoms with E-state index in [1.807, 2.05) is 12.1 Å². The van der Waals surface area contributed by atoms with Crippen molar-refractivity contribution >= 4 is 17.7 Å². The first-order valence-corrected chi connectivity index (χ1v) is 11.0. The van der Waals surface area contributed by atoms with Crippen LogP contribution in [0.5, 0.6) is 5.75 Å². The maximum Gasteiger partial charge on any atom is 0.226 e. The van der Waals surface area contributed by atoms with Crippen molar-refractivity contribution in [1.29, 1.82) is 0 Å². The smallest absolute Gasteiger partial charge is 0.226 e. The zero-order chi connectivity index (χ0) is 22.8. The second-order valence-corrected chi connectivity index (χ2v) is 8.35. The highest BCUT2D eigenvalue weighted by atomic mass is 32.2. The highest BCUT2D eigenvalue weighted by molar-refractivity contribution is 8.03. The first kappa shape index (κ1) is 24.4. The van der Waals surface area contributed by atoms with E-state index in [1.165, 1.54) is 17.1 Å². The van der Waals surface area contributed by atoms with E-state index >= 15 is 0 Å². The molecular formula is C23H30N2O5S. The summed E-state index contributed by atoms with van der Waals surface area (Å²) in [7, 11) is 0. The lowest BCUT2D eigenvalue weighted by Crippen LogP contribution is -2.40. The third-order valence-electron chi connectivity index (χ3n) is 4.66. The third-order valence-corrected chi connectivity index (χ3v) is 5.87. The van der Waals surface area contributed by atoms with Crippen LogP contribution in [0.15, 0.2) is 70.7 Å². The van der Waals surface area contributed by atoms with Crippen molar-refractivity contribution in [2.75, 3.05) is 6.61 Å². The number of amides is 1. The van der Waals surface area contributed by atoms with Crippen LogP contribution in [0, 0.1) is 0 Å². The molecule has 1 aromatic rings. The van der Waals surface area contributed by atoms with Crippen LogP contribution in [-0.2, 0) is 11.2 Å². The second kappa shape index (κ2) is 12.1. The lowest BCUT2D eigenvalue weighted by molar-refractivity contribution is -0.120. The Bertz CT molecular complexity index is 874. The standard InChI is InChI=1S/C23H30N2O5S/c1-3-5-6-21-18(11-16-7-9-17(27)10-8-16)24-23(31-21)25-22(30)13-15(4-2)12-19(28)20(29)14-26/h4,7-10,12,23-24,26-29H,2-3,5-6,11,13-14H2,1H3,(H,25,30)/b15-12+,20-19-. The number of carbonyl (C=O) groups is 1. The van der Waals surface area contributed by atoms with Crippen molar-refractivity contribution in [1.82, 2.24) is 10.6 Å². The van der Waals surface area contributed by atoms with Gasteiger partial charge in [0.25, 0.3) is 0 Å². The average Bonchev–Trinajstić information content (AvgIpc) is 3.13. The summed E-state index contributed by atoms with van der Waals surface area (Å²) in [5.74, 6) is -1.12. The summed E-state index contributed by atoms with van der Waals surface area (Å²) in [6.45, 7) is 5.06. The fraction of sp³-hybridized carbons (Fsp3) is 0.348. The van der Waals surface area contributed by atoms with Crippen LogP contribution in [0.25, 0.3) is 0 Å². The van der Waals surface area contributed by atoms with Gasteiger partial charge in [0, 0.05) is 17.0 Å². The fourth-order valence-electron chi connectivity index (χ4n) is 2.97. The molecule has 2 rings (SSSR count). The van der Waals surface area contributed by atoms with Gasteiger partial charge in [0.2, 0.25) is 5.91 Å². The molecule has 0 aromatic heterocycles. The summed E-state index contributed by atoms with van der Waals surface area (Å²) in [5, 5.41) is 43.7. The van der Waals surface area contributed by atoms with Crippen LogP contribution in [0.3, 0.4) is 0 Å².